The van der Waals surface area contributed by atoms with Crippen LogP contribution < -0.4 is 10.2 Å². The number of carbonyl (C=O) groups is 1. The number of amides is 1. The number of nitrogens with zero attached hydrogens (tertiary/aromatic N) is 2. The second-order valence-electron chi connectivity index (χ2n) is 6.58. The van der Waals surface area contributed by atoms with Crippen molar-refractivity contribution < 1.29 is 18.0 Å². The predicted octanol–water partition coefficient (Wildman–Crippen LogP) is 3.37. The van der Waals surface area contributed by atoms with Crippen LogP contribution in [0, 0.1) is 10.8 Å². The van der Waals surface area contributed by atoms with E-state index in [-0.39, 0.29) is 17.0 Å². The minimum absolute atomic E-state index is 0.135. The molecule has 10 heteroatoms. The van der Waals surface area contributed by atoms with E-state index in [0.29, 0.717) is 40.5 Å². The second kappa shape index (κ2) is 7.42. The largest absolute Gasteiger partial charge is 0.433 e. The zero-order valence-corrected chi connectivity index (χ0v) is 16.0. The minimum atomic E-state index is -4.47. The highest BCUT2D eigenvalue weighted by atomic mass is 32.2. The quantitative estimate of drug-likeness (QED) is 0.665. The highest BCUT2D eigenvalue weighted by Gasteiger charge is 2.34. The Morgan fingerprint density at radius 1 is 1.32 bits per heavy atom. The summed E-state index contributed by atoms with van der Waals surface area (Å²) in [6, 6.07) is 2.17. The van der Waals surface area contributed by atoms with Gasteiger partial charge < -0.3 is 15.6 Å². The van der Waals surface area contributed by atoms with Gasteiger partial charge in [0.1, 0.15) is 5.69 Å². The topological polar surface area (TPSA) is 92.9 Å². The van der Waals surface area contributed by atoms with E-state index in [1.165, 1.54) is 12.3 Å². The van der Waals surface area contributed by atoms with Crippen LogP contribution in [0.25, 0.3) is 0 Å². The van der Waals surface area contributed by atoms with Crippen molar-refractivity contribution in [2.45, 2.75) is 26.1 Å². The molecule has 6 nitrogen and oxygen atoms in total. The fourth-order valence-electron chi connectivity index (χ4n) is 2.76. The average molecular weight is 409 g/mol. The standard InChI is InChI=1S/C18H18F3N5OS/c1-9(10(2)22)13-5-14(28-16(13)23)17(27)25-11-7-26(8-11)12-3-4-15(24-6-12)18(19,20)21/h3-6,11,22-23H,7-8H2,1-2H3,(H,25,27)/b13-9-,22-10?,23-16?. The molecule has 0 atom stereocenters. The summed E-state index contributed by atoms with van der Waals surface area (Å²) >= 11 is 1.05. The van der Waals surface area contributed by atoms with E-state index in [4.69, 9.17) is 10.8 Å². The zero-order chi connectivity index (χ0) is 20.6. The summed E-state index contributed by atoms with van der Waals surface area (Å²) in [4.78, 5) is 18.1. The van der Waals surface area contributed by atoms with E-state index in [1.54, 1.807) is 19.9 Å². The van der Waals surface area contributed by atoms with Crippen molar-refractivity contribution in [2.75, 3.05) is 18.0 Å². The molecule has 1 aromatic heterocycles. The van der Waals surface area contributed by atoms with Crippen molar-refractivity contribution in [1.29, 1.82) is 10.8 Å². The van der Waals surface area contributed by atoms with Crippen LogP contribution in [0.5, 0.6) is 0 Å². The summed E-state index contributed by atoms with van der Waals surface area (Å²) < 4.78 is 37.7. The molecule has 0 aliphatic carbocycles. The van der Waals surface area contributed by atoms with Crippen LogP contribution >= 0.6 is 11.8 Å². The number of nitrogens with one attached hydrogen (secondary N) is 3. The summed E-state index contributed by atoms with van der Waals surface area (Å²) in [6.45, 7) is 4.31. The maximum atomic E-state index is 12.6. The van der Waals surface area contributed by atoms with Gasteiger partial charge in [-0.25, -0.2) is 4.98 Å². The lowest BCUT2D eigenvalue weighted by Gasteiger charge is -2.41. The maximum absolute atomic E-state index is 12.6. The van der Waals surface area contributed by atoms with Gasteiger partial charge in [-0.15, -0.1) is 0 Å². The molecule has 0 radical (unpaired) electrons. The third-order valence-electron chi connectivity index (χ3n) is 4.54. The molecule has 0 spiro atoms. The van der Waals surface area contributed by atoms with Crippen molar-refractivity contribution in [1.82, 2.24) is 10.3 Å². The number of halogens is 3. The Bertz CT molecular complexity index is 899. The van der Waals surface area contributed by atoms with Crippen LogP contribution in [0.2, 0.25) is 0 Å². The average Bonchev–Trinajstić information content (AvgIpc) is 2.98. The van der Waals surface area contributed by atoms with Gasteiger partial charge in [-0.3, -0.25) is 10.2 Å². The smallest absolute Gasteiger partial charge is 0.366 e. The number of allylic oxidation sites excluding steroid dienone is 2. The van der Waals surface area contributed by atoms with Crippen LogP contribution in [-0.2, 0) is 11.0 Å². The number of aromatic nitrogens is 1. The molecule has 3 N–H and O–H groups in total. The fourth-order valence-corrected chi connectivity index (χ4v) is 3.63. The second-order valence-corrected chi connectivity index (χ2v) is 7.63. The Balaban J connectivity index is 1.57. The number of anilines is 1. The molecule has 3 heterocycles. The van der Waals surface area contributed by atoms with Crippen molar-refractivity contribution in [3.8, 4) is 0 Å². The molecular weight excluding hydrogens is 391 g/mol. The van der Waals surface area contributed by atoms with E-state index in [0.717, 1.165) is 17.8 Å². The Hall–Kier alpha value is -2.62. The van der Waals surface area contributed by atoms with Crippen LogP contribution in [0.4, 0.5) is 18.9 Å². The van der Waals surface area contributed by atoms with E-state index in [2.05, 4.69) is 10.3 Å². The SMILES string of the molecule is CC(=N)/C(C)=C1/C=C(C(=O)NC2CN(c3ccc(C(F)(F)F)nc3)C2)SC1=N. The van der Waals surface area contributed by atoms with Crippen LogP contribution in [-0.4, -0.2) is 40.8 Å². The van der Waals surface area contributed by atoms with Crippen molar-refractivity contribution in [3.05, 3.63) is 46.2 Å². The molecule has 1 fully saturated rings. The van der Waals surface area contributed by atoms with Crippen LogP contribution in [0.3, 0.4) is 0 Å². The Morgan fingerprint density at radius 3 is 2.54 bits per heavy atom. The summed E-state index contributed by atoms with van der Waals surface area (Å²) in [5.41, 5.74) is 1.21. The van der Waals surface area contributed by atoms with Gasteiger partial charge in [0, 0.05) is 24.4 Å². The molecule has 3 rings (SSSR count). The maximum Gasteiger partial charge on any atom is 0.433 e. The summed E-state index contributed by atoms with van der Waals surface area (Å²) in [7, 11) is 0. The lowest BCUT2D eigenvalue weighted by atomic mass is 10.1. The first kappa shape index (κ1) is 20.1. The van der Waals surface area contributed by atoms with Crippen molar-refractivity contribution >= 4 is 34.1 Å². The first-order chi connectivity index (χ1) is 13.1. The summed E-state index contributed by atoms with van der Waals surface area (Å²) in [5.74, 6) is -0.296. The van der Waals surface area contributed by atoms with Gasteiger partial charge in [0.05, 0.1) is 27.9 Å². The Labute approximate surface area is 163 Å². The number of hydrogen-bond acceptors (Lipinski definition) is 6. The molecule has 0 bridgehead atoms. The molecule has 0 saturated carbocycles. The molecular formula is C18H18F3N5OS. The Kier molecular flexibility index (Phi) is 5.33. The van der Waals surface area contributed by atoms with Gasteiger partial charge in [0.15, 0.2) is 0 Å². The lowest BCUT2D eigenvalue weighted by molar-refractivity contribution is -0.141. The first-order valence-electron chi connectivity index (χ1n) is 8.40. The zero-order valence-electron chi connectivity index (χ0n) is 15.1. The van der Waals surface area contributed by atoms with Crippen molar-refractivity contribution in [3.63, 3.8) is 0 Å². The predicted molar refractivity (Wildman–Crippen MR) is 103 cm³/mol. The van der Waals surface area contributed by atoms with Gasteiger partial charge in [-0.05, 0) is 37.6 Å². The van der Waals surface area contributed by atoms with E-state index >= 15 is 0 Å². The van der Waals surface area contributed by atoms with E-state index < -0.39 is 11.9 Å². The molecule has 1 saturated heterocycles. The lowest BCUT2D eigenvalue weighted by Crippen LogP contribution is -2.59. The van der Waals surface area contributed by atoms with E-state index in [1.807, 2.05) is 4.90 Å². The summed E-state index contributed by atoms with van der Waals surface area (Å²) in [5, 5.41) is 18.7. The number of rotatable bonds is 4. The molecule has 1 aromatic rings. The third kappa shape index (κ3) is 4.11. The fraction of sp³-hybridized carbons (Fsp3) is 0.333. The first-order valence-corrected chi connectivity index (χ1v) is 9.22. The number of carbonyl (C=O) groups excluding carboxylic acids is 1. The molecule has 0 aromatic carbocycles. The minimum Gasteiger partial charge on any atom is -0.366 e. The highest BCUT2D eigenvalue weighted by molar-refractivity contribution is 8.18. The molecule has 2 aliphatic rings. The molecule has 2 aliphatic heterocycles. The number of hydrogen-bond donors (Lipinski definition) is 3. The number of alkyl halides is 3. The third-order valence-corrected chi connectivity index (χ3v) is 5.49. The van der Waals surface area contributed by atoms with E-state index in [9.17, 15) is 18.0 Å². The van der Waals surface area contributed by atoms with Gasteiger partial charge in [0.25, 0.3) is 5.91 Å². The molecule has 1 amide bonds. The normalized spacial score (nSPS) is 19.2. The van der Waals surface area contributed by atoms with Crippen LogP contribution in [0.15, 0.2) is 40.5 Å². The summed E-state index contributed by atoms with van der Waals surface area (Å²) in [6.07, 6.45) is -1.67. The molecule has 148 valence electrons. The number of pyridine rings is 1. The highest BCUT2D eigenvalue weighted by Crippen LogP contribution is 2.33. The van der Waals surface area contributed by atoms with Gasteiger partial charge >= 0.3 is 6.18 Å². The Morgan fingerprint density at radius 2 is 2.00 bits per heavy atom. The van der Waals surface area contributed by atoms with Gasteiger partial charge in [-0.2, -0.15) is 13.2 Å². The van der Waals surface area contributed by atoms with Crippen LogP contribution in [0.1, 0.15) is 19.5 Å². The number of thioether (sulfide) groups is 1. The van der Waals surface area contributed by atoms with Crippen molar-refractivity contribution in [2.24, 2.45) is 0 Å². The monoisotopic (exact) mass is 409 g/mol. The van der Waals surface area contributed by atoms with Gasteiger partial charge in [-0.1, -0.05) is 11.8 Å². The molecule has 0 unspecified atom stereocenters. The molecule has 28 heavy (non-hydrogen) atoms. The van der Waals surface area contributed by atoms with Gasteiger partial charge in [0.2, 0.25) is 0 Å².